The van der Waals surface area contributed by atoms with Gasteiger partial charge in [0.05, 0.1) is 5.69 Å². The predicted octanol–water partition coefficient (Wildman–Crippen LogP) is 2.62. The van der Waals surface area contributed by atoms with Gasteiger partial charge in [0.2, 0.25) is 0 Å². The maximum atomic E-state index is 10.9. The Kier molecular flexibility index (Phi) is 3.06. The summed E-state index contributed by atoms with van der Waals surface area (Å²) >= 11 is 1.96. The Labute approximate surface area is 115 Å². The lowest BCUT2D eigenvalue weighted by Gasteiger charge is -2.25. The lowest BCUT2D eigenvalue weighted by molar-refractivity contribution is 0.0689. The Morgan fingerprint density at radius 2 is 2.21 bits per heavy atom. The molecule has 0 atom stereocenters. The van der Waals surface area contributed by atoms with Crippen LogP contribution in [0.5, 0.6) is 0 Å². The number of aromatic nitrogens is 2. The summed E-state index contributed by atoms with van der Waals surface area (Å²) in [7, 11) is 1.77. The minimum atomic E-state index is -0.992. The number of aromatic carboxylic acids is 1. The van der Waals surface area contributed by atoms with Gasteiger partial charge in [0, 0.05) is 30.0 Å². The van der Waals surface area contributed by atoms with Crippen LogP contribution in [0.25, 0.3) is 11.3 Å². The van der Waals surface area contributed by atoms with E-state index < -0.39 is 5.97 Å². The average Bonchev–Trinajstić information content (AvgIpc) is 2.70. The second-order valence-electron chi connectivity index (χ2n) is 4.70. The molecule has 1 saturated heterocycles. The third-order valence-corrected chi connectivity index (χ3v) is 4.67. The molecule has 0 aliphatic carbocycles. The van der Waals surface area contributed by atoms with Gasteiger partial charge >= 0.3 is 5.97 Å². The van der Waals surface area contributed by atoms with Crippen LogP contribution in [0.3, 0.4) is 0 Å². The Bertz CT molecular complexity index is 632. The molecule has 1 aliphatic rings. The van der Waals surface area contributed by atoms with E-state index in [-0.39, 0.29) is 5.69 Å². The molecule has 1 aliphatic heterocycles. The molecule has 0 spiro atoms. The number of rotatable bonds is 3. The number of aryl methyl sites for hydroxylation is 1. The van der Waals surface area contributed by atoms with Crippen LogP contribution < -0.4 is 0 Å². The largest absolute Gasteiger partial charge is 0.476 e. The average molecular weight is 274 g/mol. The number of carboxylic acids is 1. The van der Waals surface area contributed by atoms with Crippen molar-refractivity contribution in [3.05, 3.63) is 41.6 Å². The van der Waals surface area contributed by atoms with Crippen LogP contribution in [-0.2, 0) is 7.05 Å². The highest BCUT2D eigenvalue weighted by atomic mass is 32.2. The number of carboxylic acid groups (broad SMARTS) is 1. The summed E-state index contributed by atoms with van der Waals surface area (Å²) in [6, 6.07) is 9.94. The summed E-state index contributed by atoms with van der Waals surface area (Å²) in [4.78, 5) is 10.9. The molecule has 1 aromatic carbocycles. The number of hydrogen-bond acceptors (Lipinski definition) is 3. The SMILES string of the molecule is Cn1nc(C(=O)O)cc1-c1cccc(C2CSC2)c1. The molecule has 1 fully saturated rings. The van der Waals surface area contributed by atoms with Crippen LogP contribution in [-0.4, -0.2) is 32.4 Å². The lowest BCUT2D eigenvalue weighted by Crippen LogP contribution is -2.15. The van der Waals surface area contributed by atoms with Gasteiger partial charge in [-0.25, -0.2) is 4.79 Å². The van der Waals surface area contributed by atoms with E-state index in [1.165, 1.54) is 17.1 Å². The molecule has 1 aromatic heterocycles. The van der Waals surface area contributed by atoms with Crippen molar-refractivity contribution in [2.24, 2.45) is 7.05 Å². The Hall–Kier alpha value is -1.75. The van der Waals surface area contributed by atoms with Crippen molar-refractivity contribution in [2.45, 2.75) is 5.92 Å². The van der Waals surface area contributed by atoms with Gasteiger partial charge in [0.15, 0.2) is 5.69 Å². The van der Waals surface area contributed by atoms with Crippen LogP contribution in [0, 0.1) is 0 Å². The second-order valence-corrected chi connectivity index (χ2v) is 5.78. The predicted molar refractivity (Wildman–Crippen MR) is 75.7 cm³/mol. The lowest BCUT2D eigenvalue weighted by atomic mass is 9.98. The molecule has 98 valence electrons. The normalized spacial score (nSPS) is 15.2. The van der Waals surface area contributed by atoms with Crippen LogP contribution >= 0.6 is 11.8 Å². The van der Waals surface area contributed by atoms with Crippen LogP contribution in [0.4, 0.5) is 0 Å². The van der Waals surface area contributed by atoms with Crippen molar-refractivity contribution < 1.29 is 9.90 Å². The van der Waals surface area contributed by atoms with Gasteiger partial charge in [0.1, 0.15) is 0 Å². The molecule has 1 N–H and O–H groups in total. The first kappa shape index (κ1) is 12.3. The molecule has 0 saturated carbocycles. The smallest absolute Gasteiger partial charge is 0.356 e. The fraction of sp³-hybridized carbons (Fsp3) is 0.286. The highest BCUT2D eigenvalue weighted by Gasteiger charge is 2.21. The summed E-state index contributed by atoms with van der Waals surface area (Å²) in [6.07, 6.45) is 0. The molecule has 5 heteroatoms. The Balaban J connectivity index is 1.99. The number of carbonyl (C=O) groups is 1. The summed E-state index contributed by atoms with van der Waals surface area (Å²) in [5.74, 6) is 2.00. The van der Waals surface area contributed by atoms with E-state index in [2.05, 4.69) is 17.2 Å². The zero-order chi connectivity index (χ0) is 13.4. The first-order valence-electron chi connectivity index (χ1n) is 6.10. The third kappa shape index (κ3) is 2.26. The summed E-state index contributed by atoms with van der Waals surface area (Å²) in [6.45, 7) is 0. The summed E-state index contributed by atoms with van der Waals surface area (Å²) in [5, 5.41) is 13.0. The van der Waals surface area contributed by atoms with Gasteiger partial charge < -0.3 is 5.11 Å². The number of hydrogen-bond donors (Lipinski definition) is 1. The van der Waals surface area contributed by atoms with E-state index in [1.807, 2.05) is 23.9 Å². The van der Waals surface area contributed by atoms with Gasteiger partial charge in [-0.3, -0.25) is 4.68 Å². The standard InChI is InChI=1S/C14H14N2O2S/c1-16-13(6-12(15-16)14(17)18)10-4-2-3-9(5-10)11-7-19-8-11/h2-6,11H,7-8H2,1H3,(H,17,18). The topological polar surface area (TPSA) is 55.1 Å². The third-order valence-electron chi connectivity index (χ3n) is 3.39. The monoisotopic (exact) mass is 274 g/mol. The van der Waals surface area contributed by atoms with Crippen LogP contribution in [0.2, 0.25) is 0 Å². The van der Waals surface area contributed by atoms with E-state index in [0.29, 0.717) is 5.92 Å². The van der Waals surface area contributed by atoms with E-state index in [0.717, 1.165) is 11.3 Å². The zero-order valence-corrected chi connectivity index (χ0v) is 11.4. The Morgan fingerprint density at radius 3 is 2.79 bits per heavy atom. The van der Waals surface area contributed by atoms with Crippen molar-refractivity contribution in [1.29, 1.82) is 0 Å². The minimum Gasteiger partial charge on any atom is -0.476 e. The van der Waals surface area contributed by atoms with Gasteiger partial charge in [-0.05, 0) is 17.7 Å². The molecule has 4 nitrogen and oxygen atoms in total. The van der Waals surface area contributed by atoms with Crippen molar-refractivity contribution in [2.75, 3.05) is 11.5 Å². The van der Waals surface area contributed by atoms with Crippen LogP contribution in [0.15, 0.2) is 30.3 Å². The van der Waals surface area contributed by atoms with E-state index >= 15 is 0 Å². The fourth-order valence-corrected chi connectivity index (χ4v) is 3.08. The van der Waals surface area contributed by atoms with Crippen LogP contribution in [0.1, 0.15) is 22.0 Å². The highest BCUT2D eigenvalue weighted by Crippen LogP contribution is 2.35. The van der Waals surface area contributed by atoms with Crippen molar-refractivity contribution in [3.63, 3.8) is 0 Å². The molecule has 0 radical (unpaired) electrons. The minimum absolute atomic E-state index is 0.0853. The molecule has 2 heterocycles. The number of thioether (sulfide) groups is 1. The molecule has 19 heavy (non-hydrogen) atoms. The molecule has 2 aromatic rings. The van der Waals surface area contributed by atoms with Crippen molar-refractivity contribution >= 4 is 17.7 Å². The molecule has 0 unspecified atom stereocenters. The number of benzene rings is 1. The van der Waals surface area contributed by atoms with Crippen molar-refractivity contribution in [3.8, 4) is 11.3 Å². The van der Waals surface area contributed by atoms with Gasteiger partial charge in [0.25, 0.3) is 0 Å². The molecular formula is C14H14N2O2S. The molecule has 0 amide bonds. The van der Waals surface area contributed by atoms with E-state index in [4.69, 9.17) is 5.11 Å². The number of nitrogens with zero attached hydrogens (tertiary/aromatic N) is 2. The molecule has 0 bridgehead atoms. The summed E-state index contributed by atoms with van der Waals surface area (Å²) < 4.78 is 1.62. The highest BCUT2D eigenvalue weighted by molar-refractivity contribution is 8.00. The van der Waals surface area contributed by atoms with Gasteiger partial charge in [-0.15, -0.1) is 0 Å². The Morgan fingerprint density at radius 1 is 1.42 bits per heavy atom. The van der Waals surface area contributed by atoms with E-state index in [1.54, 1.807) is 17.8 Å². The van der Waals surface area contributed by atoms with Gasteiger partial charge in [-0.2, -0.15) is 16.9 Å². The molecular weight excluding hydrogens is 260 g/mol. The maximum Gasteiger partial charge on any atom is 0.356 e. The molecule has 3 rings (SSSR count). The first-order valence-corrected chi connectivity index (χ1v) is 7.26. The van der Waals surface area contributed by atoms with E-state index in [9.17, 15) is 4.79 Å². The zero-order valence-electron chi connectivity index (χ0n) is 10.5. The first-order chi connectivity index (χ1) is 9.15. The maximum absolute atomic E-state index is 10.9. The second kappa shape index (κ2) is 4.74. The fourth-order valence-electron chi connectivity index (χ4n) is 2.22. The van der Waals surface area contributed by atoms with Crippen molar-refractivity contribution in [1.82, 2.24) is 9.78 Å². The quantitative estimate of drug-likeness (QED) is 0.934. The summed E-state index contributed by atoms with van der Waals surface area (Å²) in [5.41, 5.74) is 3.28. The van der Waals surface area contributed by atoms with Gasteiger partial charge in [-0.1, -0.05) is 18.2 Å².